The van der Waals surface area contributed by atoms with Gasteiger partial charge in [0.05, 0.1) is 13.7 Å². The Bertz CT molecular complexity index is 194. The van der Waals surface area contributed by atoms with Crippen LogP contribution in [0.3, 0.4) is 0 Å². The number of nitrogens with one attached hydrogen (secondary N) is 1. The maximum absolute atomic E-state index is 10.7. The molecule has 0 aliphatic heterocycles. The number of nitrogens with two attached hydrogens (primary N) is 1. The second kappa shape index (κ2) is 7.32. The summed E-state index contributed by atoms with van der Waals surface area (Å²) in [5.74, 6) is -0.572. The summed E-state index contributed by atoms with van der Waals surface area (Å²) in [5, 5.41) is 2.95. The van der Waals surface area contributed by atoms with Gasteiger partial charge in [0.1, 0.15) is 0 Å². The number of hydrogen-bond donors (Lipinski definition) is 2. The molecule has 0 heterocycles. The number of carbonyl (C=O) groups excluding carboxylic acids is 2. The summed E-state index contributed by atoms with van der Waals surface area (Å²) in [7, 11) is 1.37. The van der Waals surface area contributed by atoms with Gasteiger partial charge < -0.3 is 15.8 Å². The van der Waals surface area contributed by atoms with E-state index in [1.165, 1.54) is 7.11 Å². The number of amides is 1. The Morgan fingerprint density at radius 3 is 2.64 bits per heavy atom. The topological polar surface area (TPSA) is 81.4 Å². The van der Waals surface area contributed by atoms with Gasteiger partial charge in [0.15, 0.2) is 0 Å². The molecule has 0 aliphatic carbocycles. The SMILES string of the molecule is COC(=O)CCCC(C)NCC(N)=O. The van der Waals surface area contributed by atoms with Gasteiger partial charge in [0, 0.05) is 12.5 Å². The van der Waals surface area contributed by atoms with E-state index in [0.717, 1.165) is 12.8 Å². The van der Waals surface area contributed by atoms with Crippen LogP contribution in [0.25, 0.3) is 0 Å². The van der Waals surface area contributed by atoms with E-state index in [2.05, 4.69) is 10.1 Å². The second-order valence-corrected chi connectivity index (χ2v) is 3.22. The molecule has 1 amide bonds. The van der Waals surface area contributed by atoms with Crippen LogP contribution in [-0.2, 0) is 14.3 Å². The van der Waals surface area contributed by atoms with Crippen molar-refractivity contribution in [3.05, 3.63) is 0 Å². The zero-order valence-electron chi connectivity index (χ0n) is 8.71. The van der Waals surface area contributed by atoms with Gasteiger partial charge in [-0.1, -0.05) is 0 Å². The van der Waals surface area contributed by atoms with Crippen molar-refractivity contribution in [3.8, 4) is 0 Å². The Labute approximate surface area is 84.0 Å². The van der Waals surface area contributed by atoms with Crippen molar-refractivity contribution in [1.29, 1.82) is 0 Å². The van der Waals surface area contributed by atoms with Crippen molar-refractivity contribution in [1.82, 2.24) is 5.32 Å². The van der Waals surface area contributed by atoms with Gasteiger partial charge in [0.2, 0.25) is 5.91 Å². The molecule has 0 rings (SSSR count). The fourth-order valence-electron chi connectivity index (χ4n) is 1.03. The molecule has 0 radical (unpaired) electrons. The molecule has 0 fully saturated rings. The molecule has 0 bridgehead atoms. The normalized spacial score (nSPS) is 12.1. The smallest absolute Gasteiger partial charge is 0.305 e. The summed E-state index contributed by atoms with van der Waals surface area (Å²) >= 11 is 0. The minimum Gasteiger partial charge on any atom is -0.469 e. The average molecular weight is 202 g/mol. The van der Waals surface area contributed by atoms with Gasteiger partial charge in [0.25, 0.3) is 0 Å². The minimum atomic E-state index is -0.371. The molecule has 5 heteroatoms. The zero-order valence-corrected chi connectivity index (χ0v) is 8.71. The highest BCUT2D eigenvalue weighted by Crippen LogP contribution is 2.01. The van der Waals surface area contributed by atoms with Crippen LogP contribution >= 0.6 is 0 Å². The predicted octanol–water partition coefficient (Wildman–Crippen LogP) is -0.207. The van der Waals surface area contributed by atoms with Gasteiger partial charge in [-0.2, -0.15) is 0 Å². The average Bonchev–Trinajstić information content (AvgIpc) is 2.14. The highest BCUT2D eigenvalue weighted by Gasteiger charge is 2.05. The van der Waals surface area contributed by atoms with Crippen LogP contribution in [0.1, 0.15) is 26.2 Å². The molecule has 0 aromatic rings. The standard InChI is InChI=1S/C9H18N2O3/c1-7(11-6-8(10)12)4-3-5-9(13)14-2/h7,11H,3-6H2,1-2H3,(H2,10,12). The van der Waals surface area contributed by atoms with Crippen molar-refractivity contribution in [3.63, 3.8) is 0 Å². The first-order valence-electron chi connectivity index (χ1n) is 4.64. The van der Waals surface area contributed by atoms with E-state index in [-0.39, 0.29) is 24.5 Å². The Morgan fingerprint density at radius 2 is 2.14 bits per heavy atom. The highest BCUT2D eigenvalue weighted by atomic mass is 16.5. The molecule has 82 valence electrons. The first kappa shape index (κ1) is 12.9. The molecular formula is C9H18N2O3. The van der Waals surface area contributed by atoms with Crippen molar-refractivity contribution in [2.75, 3.05) is 13.7 Å². The van der Waals surface area contributed by atoms with Crippen LogP contribution in [0.5, 0.6) is 0 Å². The Hall–Kier alpha value is -1.10. The maximum atomic E-state index is 10.7. The summed E-state index contributed by atoms with van der Waals surface area (Å²) in [6.07, 6.45) is 1.99. The predicted molar refractivity (Wildman–Crippen MR) is 52.5 cm³/mol. The lowest BCUT2D eigenvalue weighted by Gasteiger charge is -2.11. The van der Waals surface area contributed by atoms with Crippen molar-refractivity contribution in [2.45, 2.75) is 32.2 Å². The molecule has 0 aliphatic rings. The van der Waals surface area contributed by atoms with Crippen LogP contribution in [0, 0.1) is 0 Å². The number of methoxy groups -OCH3 is 1. The minimum absolute atomic E-state index is 0.180. The largest absolute Gasteiger partial charge is 0.469 e. The zero-order chi connectivity index (χ0) is 11.0. The Balaban J connectivity index is 3.39. The van der Waals surface area contributed by atoms with E-state index >= 15 is 0 Å². The first-order valence-corrected chi connectivity index (χ1v) is 4.64. The third kappa shape index (κ3) is 7.54. The van der Waals surface area contributed by atoms with E-state index in [0.29, 0.717) is 6.42 Å². The molecule has 0 aromatic heterocycles. The molecule has 1 unspecified atom stereocenters. The van der Waals surface area contributed by atoms with Gasteiger partial charge in [-0.15, -0.1) is 0 Å². The first-order chi connectivity index (χ1) is 6.56. The number of esters is 1. The highest BCUT2D eigenvalue weighted by molar-refractivity contribution is 5.75. The van der Waals surface area contributed by atoms with Crippen molar-refractivity contribution >= 4 is 11.9 Å². The van der Waals surface area contributed by atoms with E-state index in [4.69, 9.17) is 5.73 Å². The summed E-state index contributed by atoms with van der Waals surface area (Å²) in [4.78, 5) is 21.2. The van der Waals surface area contributed by atoms with E-state index in [9.17, 15) is 9.59 Å². The van der Waals surface area contributed by atoms with Crippen molar-refractivity contribution in [2.24, 2.45) is 5.73 Å². The molecule has 14 heavy (non-hydrogen) atoms. The maximum Gasteiger partial charge on any atom is 0.305 e. The van der Waals surface area contributed by atoms with Crippen molar-refractivity contribution < 1.29 is 14.3 Å². The molecule has 5 nitrogen and oxygen atoms in total. The van der Waals surface area contributed by atoms with Crippen LogP contribution in [-0.4, -0.2) is 31.6 Å². The summed E-state index contributed by atoms with van der Waals surface area (Å²) in [5.41, 5.74) is 4.96. The molecular weight excluding hydrogens is 184 g/mol. The van der Waals surface area contributed by atoms with E-state index < -0.39 is 0 Å². The Kier molecular flexibility index (Phi) is 6.74. The fourth-order valence-corrected chi connectivity index (χ4v) is 1.03. The summed E-state index contributed by atoms with van der Waals surface area (Å²) < 4.78 is 4.50. The third-order valence-corrected chi connectivity index (χ3v) is 1.87. The van der Waals surface area contributed by atoms with Crippen LogP contribution in [0.15, 0.2) is 0 Å². The van der Waals surface area contributed by atoms with Gasteiger partial charge in [-0.3, -0.25) is 9.59 Å². The number of primary amides is 1. The molecule has 1 atom stereocenters. The van der Waals surface area contributed by atoms with Crippen LogP contribution < -0.4 is 11.1 Å². The number of rotatable bonds is 7. The second-order valence-electron chi connectivity index (χ2n) is 3.22. The quantitative estimate of drug-likeness (QED) is 0.560. The van der Waals surface area contributed by atoms with E-state index in [1.54, 1.807) is 0 Å². The Morgan fingerprint density at radius 1 is 1.50 bits per heavy atom. The number of hydrogen-bond acceptors (Lipinski definition) is 4. The molecule has 0 saturated carbocycles. The van der Waals surface area contributed by atoms with Gasteiger partial charge in [-0.05, 0) is 19.8 Å². The van der Waals surface area contributed by atoms with Gasteiger partial charge in [-0.25, -0.2) is 0 Å². The van der Waals surface area contributed by atoms with Gasteiger partial charge >= 0.3 is 5.97 Å². The lowest BCUT2D eigenvalue weighted by atomic mass is 10.1. The monoisotopic (exact) mass is 202 g/mol. The van der Waals surface area contributed by atoms with E-state index in [1.807, 2.05) is 6.92 Å². The lowest BCUT2D eigenvalue weighted by molar-refractivity contribution is -0.140. The molecule has 3 N–H and O–H groups in total. The third-order valence-electron chi connectivity index (χ3n) is 1.87. The fraction of sp³-hybridized carbons (Fsp3) is 0.778. The summed E-state index contributed by atoms with van der Waals surface area (Å²) in [6.45, 7) is 2.12. The molecule has 0 aromatic carbocycles. The lowest BCUT2D eigenvalue weighted by Crippen LogP contribution is -2.34. The van der Waals surface area contributed by atoms with Crippen LogP contribution in [0.2, 0.25) is 0 Å². The van der Waals surface area contributed by atoms with Crippen LogP contribution in [0.4, 0.5) is 0 Å². The number of carbonyl (C=O) groups is 2. The molecule has 0 spiro atoms. The summed E-state index contributed by atoms with van der Waals surface area (Å²) in [6, 6.07) is 0.187. The molecule has 0 saturated heterocycles. The number of ether oxygens (including phenoxy) is 1.